The lowest BCUT2D eigenvalue weighted by Gasteiger charge is -2.33. The third-order valence-electron chi connectivity index (χ3n) is 4.75. The first-order chi connectivity index (χ1) is 14.0. The molecule has 0 saturated heterocycles. The van der Waals surface area contributed by atoms with Crippen molar-refractivity contribution in [3.63, 3.8) is 0 Å². The molecule has 2 N–H and O–H groups in total. The minimum absolute atomic E-state index is 0.205. The van der Waals surface area contributed by atoms with Gasteiger partial charge in [-0.2, -0.15) is 0 Å². The van der Waals surface area contributed by atoms with Crippen LogP contribution in [-0.4, -0.2) is 26.0 Å². The summed E-state index contributed by atoms with van der Waals surface area (Å²) in [5.41, 5.74) is 5.67. The van der Waals surface area contributed by atoms with E-state index in [4.69, 9.17) is 11.6 Å². The summed E-state index contributed by atoms with van der Waals surface area (Å²) in [7, 11) is 0. The maximum Gasteiger partial charge on any atom is 0.240 e. The molecule has 0 bridgehead atoms. The molecule has 2 atom stereocenters. The van der Waals surface area contributed by atoms with Gasteiger partial charge in [-0.15, -0.1) is 10.2 Å². The topological polar surface area (TPSA) is 71.8 Å². The lowest BCUT2D eigenvalue weighted by molar-refractivity contribution is -0.116. The van der Waals surface area contributed by atoms with Gasteiger partial charge in [0, 0.05) is 17.1 Å². The van der Waals surface area contributed by atoms with Crippen LogP contribution in [0.1, 0.15) is 29.9 Å². The lowest BCUT2D eigenvalue weighted by atomic mass is 10.0. The molecule has 9 heteroatoms. The fourth-order valence-electron chi connectivity index (χ4n) is 3.13. The summed E-state index contributed by atoms with van der Waals surface area (Å²) in [6.07, 6.45) is 0.690. The van der Waals surface area contributed by atoms with Crippen LogP contribution in [0, 0.1) is 12.7 Å². The van der Waals surface area contributed by atoms with E-state index < -0.39 is 11.3 Å². The highest BCUT2D eigenvalue weighted by molar-refractivity contribution is 8.00. The van der Waals surface area contributed by atoms with Crippen molar-refractivity contribution in [2.24, 2.45) is 0 Å². The summed E-state index contributed by atoms with van der Waals surface area (Å²) in [6.45, 7) is 3.88. The average Bonchev–Trinajstić information content (AvgIpc) is 3.12. The number of carbonyl (C=O) groups is 1. The van der Waals surface area contributed by atoms with Crippen molar-refractivity contribution in [2.75, 3.05) is 10.7 Å². The van der Waals surface area contributed by atoms with Crippen molar-refractivity contribution in [2.45, 2.75) is 36.7 Å². The normalized spacial score (nSPS) is 18.1. The number of rotatable bonds is 4. The molecule has 6 nitrogen and oxygen atoms in total. The maximum absolute atomic E-state index is 13.4. The molecule has 1 aliphatic rings. The van der Waals surface area contributed by atoms with Crippen LogP contribution in [0.15, 0.2) is 47.6 Å². The van der Waals surface area contributed by atoms with Crippen LogP contribution in [0.5, 0.6) is 0 Å². The fourth-order valence-corrected chi connectivity index (χ4v) is 4.41. The van der Waals surface area contributed by atoms with Gasteiger partial charge in [-0.1, -0.05) is 48.5 Å². The predicted molar refractivity (Wildman–Crippen MR) is 112 cm³/mol. The number of nitrogens with zero attached hydrogens (tertiary/aromatic N) is 3. The van der Waals surface area contributed by atoms with Crippen molar-refractivity contribution >= 4 is 35.0 Å². The Hall–Kier alpha value is -2.58. The van der Waals surface area contributed by atoms with Crippen molar-refractivity contribution in [1.82, 2.24) is 14.9 Å². The van der Waals surface area contributed by atoms with Gasteiger partial charge in [-0.05, 0) is 42.3 Å². The van der Waals surface area contributed by atoms with Gasteiger partial charge < -0.3 is 10.7 Å². The number of amides is 1. The molecule has 1 aliphatic heterocycles. The Kier molecular flexibility index (Phi) is 5.47. The number of hydrogen-bond acceptors (Lipinski definition) is 5. The monoisotopic (exact) mass is 431 g/mol. The Morgan fingerprint density at radius 2 is 2.03 bits per heavy atom. The van der Waals surface area contributed by atoms with Gasteiger partial charge in [0.15, 0.2) is 5.82 Å². The molecule has 2 aromatic carbocycles. The number of carbonyl (C=O) groups excluding carboxylic acids is 1. The third-order valence-corrected chi connectivity index (χ3v) is 6.37. The molecule has 0 spiro atoms. The zero-order valence-electron chi connectivity index (χ0n) is 15.8. The van der Waals surface area contributed by atoms with Crippen LogP contribution in [-0.2, 0) is 11.2 Å². The van der Waals surface area contributed by atoms with E-state index in [0.29, 0.717) is 22.3 Å². The van der Waals surface area contributed by atoms with Gasteiger partial charge in [0.1, 0.15) is 11.1 Å². The van der Waals surface area contributed by atoms with E-state index in [2.05, 4.69) is 20.9 Å². The summed E-state index contributed by atoms with van der Waals surface area (Å²) < 4.78 is 15.2. The van der Waals surface area contributed by atoms with Crippen LogP contribution in [0.3, 0.4) is 0 Å². The van der Waals surface area contributed by atoms with Crippen LogP contribution in [0.25, 0.3) is 0 Å². The summed E-state index contributed by atoms with van der Waals surface area (Å²) in [5.74, 6) is 0.236. The molecule has 0 saturated carbocycles. The Morgan fingerprint density at radius 3 is 2.72 bits per heavy atom. The predicted octanol–water partition coefficient (Wildman–Crippen LogP) is 4.34. The van der Waals surface area contributed by atoms with Crippen LogP contribution in [0.4, 0.5) is 10.1 Å². The summed E-state index contributed by atoms with van der Waals surface area (Å²) in [4.78, 5) is 13.2. The Balaban J connectivity index is 1.66. The average molecular weight is 432 g/mol. The van der Waals surface area contributed by atoms with Gasteiger partial charge in [0.25, 0.3) is 0 Å². The Bertz CT molecular complexity index is 1060. The van der Waals surface area contributed by atoms with Gasteiger partial charge in [0.2, 0.25) is 11.1 Å². The standard InChI is InChI=1S/C20H19ClFN5OS/c1-3-16-24-25-20-27(16)26-17(12-5-7-13(22)8-6-12)18(29-20)19(28)23-14-9-4-11(2)15(21)10-14/h4-10,17-18,26H,3H2,1-2H3,(H,23,28)/t17-,18-/m1/s1. The van der Waals surface area contributed by atoms with Gasteiger partial charge in [-0.3, -0.25) is 4.79 Å². The first-order valence-corrected chi connectivity index (χ1v) is 10.4. The van der Waals surface area contributed by atoms with Crippen molar-refractivity contribution in [3.8, 4) is 0 Å². The molecule has 0 fully saturated rings. The molecule has 0 radical (unpaired) electrons. The Labute approximate surface area is 176 Å². The highest BCUT2D eigenvalue weighted by Gasteiger charge is 2.37. The van der Waals surface area contributed by atoms with Crippen LogP contribution >= 0.6 is 23.4 Å². The molecule has 0 aliphatic carbocycles. The molecule has 2 heterocycles. The smallest absolute Gasteiger partial charge is 0.240 e. The van der Waals surface area contributed by atoms with Crippen molar-refractivity contribution < 1.29 is 9.18 Å². The van der Waals surface area contributed by atoms with E-state index in [-0.39, 0.29) is 11.7 Å². The second-order valence-corrected chi connectivity index (χ2v) is 8.25. The number of fused-ring (bicyclic) bond motifs is 1. The molecule has 0 unspecified atom stereocenters. The third kappa shape index (κ3) is 3.95. The highest BCUT2D eigenvalue weighted by atomic mass is 35.5. The van der Waals surface area contributed by atoms with E-state index in [1.165, 1.54) is 23.9 Å². The van der Waals surface area contributed by atoms with Crippen molar-refractivity contribution in [1.29, 1.82) is 0 Å². The largest absolute Gasteiger partial charge is 0.325 e. The second-order valence-electron chi connectivity index (χ2n) is 6.74. The number of nitrogens with one attached hydrogen (secondary N) is 2. The summed E-state index contributed by atoms with van der Waals surface area (Å²) >= 11 is 7.51. The summed E-state index contributed by atoms with van der Waals surface area (Å²) in [6, 6.07) is 11.1. The zero-order valence-corrected chi connectivity index (χ0v) is 17.4. The van der Waals surface area contributed by atoms with Crippen molar-refractivity contribution in [3.05, 3.63) is 70.3 Å². The number of halogens is 2. The number of anilines is 1. The van der Waals surface area contributed by atoms with Gasteiger partial charge in [-0.25, -0.2) is 9.07 Å². The fraction of sp³-hybridized carbons (Fsp3) is 0.250. The first-order valence-electron chi connectivity index (χ1n) is 9.16. The maximum atomic E-state index is 13.4. The van der Waals surface area contributed by atoms with E-state index in [1.54, 1.807) is 22.9 Å². The van der Waals surface area contributed by atoms with E-state index in [9.17, 15) is 9.18 Å². The molecule has 150 valence electrons. The quantitative estimate of drug-likeness (QED) is 0.643. The molecule has 3 aromatic rings. The van der Waals surface area contributed by atoms with Crippen LogP contribution < -0.4 is 10.7 Å². The van der Waals surface area contributed by atoms with Crippen LogP contribution in [0.2, 0.25) is 5.02 Å². The highest BCUT2D eigenvalue weighted by Crippen LogP contribution is 2.37. The molecular formula is C20H19ClFN5OS. The molecule has 4 rings (SSSR count). The number of hydrogen-bond donors (Lipinski definition) is 2. The summed E-state index contributed by atoms with van der Waals surface area (Å²) in [5, 5.41) is 11.9. The Morgan fingerprint density at radius 1 is 1.28 bits per heavy atom. The minimum atomic E-state index is -0.540. The zero-order chi connectivity index (χ0) is 20.5. The number of benzene rings is 2. The minimum Gasteiger partial charge on any atom is -0.325 e. The second kappa shape index (κ2) is 8.04. The first kappa shape index (κ1) is 19.7. The number of aromatic nitrogens is 3. The molecule has 1 amide bonds. The van der Waals surface area contributed by atoms with E-state index in [0.717, 1.165) is 17.0 Å². The SMILES string of the molecule is CCc1nnc2n1N[C@H](c1ccc(F)cc1)[C@H](C(=O)Nc1ccc(C)c(Cl)c1)S2. The molecule has 29 heavy (non-hydrogen) atoms. The lowest BCUT2D eigenvalue weighted by Crippen LogP contribution is -2.41. The molecular weight excluding hydrogens is 413 g/mol. The van der Waals surface area contributed by atoms with E-state index in [1.807, 2.05) is 26.0 Å². The van der Waals surface area contributed by atoms with E-state index >= 15 is 0 Å². The van der Waals surface area contributed by atoms with Gasteiger partial charge in [0.05, 0.1) is 6.04 Å². The van der Waals surface area contributed by atoms with Gasteiger partial charge >= 0.3 is 0 Å². The number of thioether (sulfide) groups is 1. The molecule has 1 aromatic heterocycles. The number of aryl methyl sites for hydroxylation is 2.